The topological polar surface area (TPSA) is 114 Å². The Morgan fingerprint density at radius 1 is 0.762 bits per heavy atom. The smallest absolute Gasteiger partial charge is 0.121 e. The van der Waals surface area contributed by atoms with Crippen LogP contribution in [0, 0.1) is 0 Å². The zero-order valence-corrected chi connectivity index (χ0v) is 25.4. The van der Waals surface area contributed by atoms with E-state index in [9.17, 15) is 20.4 Å². The molecule has 0 spiro atoms. The Kier molecular flexibility index (Phi) is 18.4. The number of phenols is 1. The Hall–Kier alpha value is -2.78. The number of benzene rings is 3. The number of ether oxygens (including phenoxy) is 1. The Morgan fingerprint density at radius 2 is 1.40 bits per heavy atom. The summed E-state index contributed by atoms with van der Waals surface area (Å²) in [6.07, 6.45) is 6.82. The average Bonchev–Trinajstić information content (AvgIpc) is 3.03. The van der Waals surface area contributed by atoms with Crippen LogP contribution < -0.4 is 10.6 Å². The summed E-state index contributed by atoms with van der Waals surface area (Å²) in [5.41, 5.74) is 3.49. The molecule has 3 rings (SSSR count). The fourth-order valence-electron chi connectivity index (χ4n) is 4.48. The average molecular weight is 581 g/mol. The van der Waals surface area contributed by atoms with E-state index >= 15 is 0 Å². The number of likely N-dealkylation sites (N-methyl/N-ethyl adjacent to an activating group) is 1. The van der Waals surface area contributed by atoms with Crippen LogP contribution >= 0.6 is 0 Å². The number of aromatic hydroxyl groups is 1. The highest BCUT2D eigenvalue weighted by atomic mass is 16.5. The van der Waals surface area contributed by atoms with Crippen LogP contribution in [0.15, 0.2) is 78.9 Å². The molecule has 232 valence electrons. The van der Waals surface area contributed by atoms with Crippen LogP contribution in [0.5, 0.6) is 5.75 Å². The zero-order chi connectivity index (χ0) is 30.4. The van der Waals surface area contributed by atoms with Crippen LogP contribution in [0.4, 0.5) is 0 Å². The van der Waals surface area contributed by atoms with Gasteiger partial charge in [-0.1, -0.05) is 79.6 Å². The van der Waals surface area contributed by atoms with Gasteiger partial charge in [0.25, 0.3) is 0 Å². The van der Waals surface area contributed by atoms with Gasteiger partial charge in [0.1, 0.15) is 5.75 Å². The third kappa shape index (κ3) is 14.4. The van der Waals surface area contributed by atoms with Gasteiger partial charge >= 0.3 is 0 Å². The summed E-state index contributed by atoms with van der Waals surface area (Å²) >= 11 is 0. The van der Waals surface area contributed by atoms with Gasteiger partial charge in [0.05, 0.1) is 18.8 Å². The van der Waals surface area contributed by atoms with Gasteiger partial charge in [0.15, 0.2) is 0 Å². The molecule has 3 aromatic carbocycles. The maximum atomic E-state index is 10.2. The summed E-state index contributed by atoms with van der Waals surface area (Å²) in [6.45, 7) is 4.73. The first-order chi connectivity index (χ1) is 20.5. The molecule has 0 aliphatic heterocycles. The fraction of sp³-hybridized carbons (Fsp3) is 0.486. The molecule has 0 radical (unpaired) electrons. The van der Waals surface area contributed by atoms with E-state index < -0.39 is 12.2 Å². The second kappa shape index (κ2) is 21.9. The molecular weight excluding hydrogens is 528 g/mol. The Labute approximate surface area is 252 Å². The number of aliphatic hydroxyl groups is 3. The van der Waals surface area contributed by atoms with E-state index in [0.29, 0.717) is 17.7 Å². The molecule has 0 heterocycles. The quantitative estimate of drug-likeness (QED) is 0.105. The zero-order valence-electron chi connectivity index (χ0n) is 25.4. The van der Waals surface area contributed by atoms with Gasteiger partial charge in [-0.15, -0.1) is 0 Å². The highest BCUT2D eigenvalue weighted by molar-refractivity contribution is 5.36. The molecule has 0 fully saturated rings. The first-order valence-electron chi connectivity index (χ1n) is 15.3. The number of nitrogens with one attached hydrogen (secondary N) is 2. The number of hydrogen-bond acceptors (Lipinski definition) is 7. The van der Waals surface area contributed by atoms with Crippen LogP contribution in [-0.4, -0.2) is 59.8 Å². The van der Waals surface area contributed by atoms with E-state index in [1.165, 1.54) is 18.1 Å². The van der Waals surface area contributed by atoms with Crippen LogP contribution in [0.3, 0.4) is 0 Å². The minimum atomic E-state index is -0.647. The van der Waals surface area contributed by atoms with Crippen molar-refractivity contribution < 1.29 is 25.2 Å². The van der Waals surface area contributed by atoms with Crippen molar-refractivity contribution in [1.29, 1.82) is 0 Å². The summed E-state index contributed by atoms with van der Waals surface area (Å²) in [7, 11) is 1.84. The van der Waals surface area contributed by atoms with Gasteiger partial charge < -0.3 is 35.8 Å². The summed E-state index contributed by atoms with van der Waals surface area (Å²) in [4.78, 5) is 0. The molecule has 0 aliphatic rings. The van der Waals surface area contributed by atoms with Crippen LogP contribution in [0.1, 0.15) is 79.9 Å². The first-order valence-corrected chi connectivity index (χ1v) is 15.3. The standard InChI is InChI=1S/C25H37NO4.C10H15NO/c27-20-23-18-22(13-14-24(23)28)25(29)19-26-15-7-1-2-8-16-30-17-9-6-12-21-10-4-3-5-11-21;1-8(11-2)10(12)9-6-4-3-5-7-9/h3-5,10-11,13-14,18,25-29H,1-2,6-9,12,15-17,19-20H2;3-8,10-12H,1-2H3/t;8-,10-/m.0/s1. The molecule has 6 N–H and O–H groups in total. The summed E-state index contributed by atoms with van der Waals surface area (Å²) in [5, 5.41) is 45.0. The van der Waals surface area contributed by atoms with Crippen molar-refractivity contribution in [2.24, 2.45) is 0 Å². The molecule has 3 atom stereocenters. The second-order valence-corrected chi connectivity index (χ2v) is 10.7. The van der Waals surface area contributed by atoms with Crippen LogP contribution in [-0.2, 0) is 17.8 Å². The van der Waals surface area contributed by atoms with Crippen molar-refractivity contribution in [2.45, 2.75) is 76.7 Å². The second-order valence-electron chi connectivity index (χ2n) is 10.7. The SMILES string of the molecule is CN[C@@H](C)[C@H](O)c1ccccc1.OCc1cc(C(O)CNCCCCCCOCCCCc2ccccc2)ccc1O. The van der Waals surface area contributed by atoms with E-state index in [-0.39, 0.29) is 18.4 Å². The molecule has 0 amide bonds. The van der Waals surface area contributed by atoms with Crippen LogP contribution in [0.2, 0.25) is 0 Å². The van der Waals surface area contributed by atoms with E-state index in [2.05, 4.69) is 41.0 Å². The summed E-state index contributed by atoms with van der Waals surface area (Å²) in [6, 6.07) is 25.2. The van der Waals surface area contributed by atoms with Gasteiger partial charge in [0, 0.05) is 31.4 Å². The Morgan fingerprint density at radius 3 is 2.07 bits per heavy atom. The number of unbranched alkanes of at least 4 members (excludes halogenated alkanes) is 4. The number of hydrogen-bond donors (Lipinski definition) is 6. The van der Waals surface area contributed by atoms with E-state index in [1.54, 1.807) is 12.1 Å². The van der Waals surface area contributed by atoms with Gasteiger partial charge in [-0.3, -0.25) is 0 Å². The van der Waals surface area contributed by atoms with Crippen LogP contribution in [0.25, 0.3) is 0 Å². The maximum absolute atomic E-state index is 10.2. The van der Waals surface area contributed by atoms with E-state index in [4.69, 9.17) is 4.74 Å². The lowest BCUT2D eigenvalue weighted by Gasteiger charge is -2.17. The van der Waals surface area contributed by atoms with Crippen molar-refractivity contribution in [3.8, 4) is 5.75 Å². The molecule has 7 nitrogen and oxygen atoms in total. The first kappa shape index (κ1) is 35.4. The normalized spacial score (nSPS) is 13.2. The molecule has 0 saturated carbocycles. The molecular formula is C35H52N2O5. The lowest BCUT2D eigenvalue weighted by Crippen LogP contribution is -2.28. The number of aryl methyl sites for hydroxylation is 1. The number of aliphatic hydroxyl groups excluding tert-OH is 3. The highest BCUT2D eigenvalue weighted by Gasteiger charge is 2.13. The van der Waals surface area contributed by atoms with E-state index in [1.807, 2.05) is 44.3 Å². The van der Waals surface area contributed by atoms with Crippen molar-refractivity contribution >= 4 is 0 Å². The monoisotopic (exact) mass is 580 g/mol. The minimum Gasteiger partial charge on any atom is -0.508 e. The summed E-state index contributed by atoms with van der Waals surface area (Å²) in [5.74, 6) is 0.0533. The molecule has 1 unspecified atom stereocenters. The molecule has 0 aliphatic carbocycles. The molecule has 0 bridgehead atoms. The van der Waals surface area contributed by atoms with Crippen molar-refractivity contribution in [3.05, 3.63) is 101 Å². The highest BCUT2D eigenvalue weighted by Crippen LogP contribution is 2.22. The molecule has 3 aromatic rings. The predicted molar refractivity (Wildman–Crippen MR) is 170 cm³/mol. The third-order valence-corrected chi connectivity index (χ3v) is 7.31. The fourth-order valence-corrected chi connectivity index (χ4v) is 4.48. The Balaban J connectivity index is 0.000000428. The number of rotatable bonds is 19. The molecule has 0 aromatic heterocycles. The van der Waals surface area contributed by atoms with E-state index in [0.717, 1.165) is 63.8 Å². The van der Waals surface area contributed by atoms with Gasteiger partial charge in [0.2, 0.25) is 0 Å². The van der Waals surface area contributed by atoms with Crippen molar-refractivity contribution in [1.82, 2.24) is 10.6 Å². The summed E-state index contributed by atoms with van der Waals surface area (Å²) < 4.78 is 5.72. The lowest BCUT2D eigenvalue weighted by atomic mass is 10.0. The largest absolute Gasteiger partial charge is 0.508 e. The minimum absolute atomic E-state index is 0.0533. The van der Waals surface area contributed by atoms with Gasteiger partial charge in [-0.2, -0.15) is 0 Å². The van der Waals surface area contributed by atoms with Crippen molar-refractivity contribution in [2.75, 3.05) is 33.4 Å². The Bertz CT molecular complexity index is 1070. The molecule has 7 heteroatoms. The lowest BCUT2D eigenvalue weighted by molar-refractivity contribution is 0.126. The molecule has 0 saturated heterocycles. The van der Waals surface area contributed by atoms with Crippen molar-refractivity contribution in [3.63, 3.8) is 0 Å². The third-order valence-electron chi connectivity index (χ3n) is 7.31. The molecule has 42 heavy (non-hydrogen) atoms. The predicted octanol–water partition coefficient (Wildman–Crippen LogP) is 5.44. The maximum Gasteiger partial charge on any atom is 0.121 e. The van der Waals surface area contributed by atoms with Gasteiger partial charge in [-0.25, -0.2) is 0 Å². The van der Waals surface area contributed by atoms with Gasteiger partial charge in [-0.05, 0) is 81.4 Å².